The van der Waals surface area contributed by atoms with E-state index in [0.717, 1.165) is 0 Å². The fraction of sp³-hybridized carbons (Fsp3) is 0.364. The highest BCUT2D eigenvalue weighted by atomic mass is 16.5. The Morgan fingerprint density at radius 2 is 1.94 bits per heavy atom. The minimum Gasteiger partial charge on any atom is -0.508 e. The van der Waals surface area contributed by atoms with Gasteiger partial charge in [0.25, 0.3) is 0 Å². The molecule has 1 aromatic rings. The summed E-state index contributed by atoms with van der Waals surface area (Å²) in [5, 5.41) is 19.4. The van der Waals surface area contributed by atoms with Crippen LogP contribution in [0.3, 0.4) is 0 Å². The summed E-state index contributed by atoms with van der Waals surface area (Å²) >= 11 is 0. The Kier molecular flexibility index (Phi) is 3.51. The fourth-order valence-corrected chi connectivity index (χ4v) is 1.44. The van der Waals surface area contributed by atoms with Gasteiger partial charge < -0.3 is 20.7 Å². The molecule has 88 valence electrons. The summed E-state index contributed by atoms with van der Waals surface area (Å²) in [6.45, 7) is 1.50. The fourth-order valence-electron chi connectivity index (χ4n) is 1.44. The summed E-state index contributed by atoms with van der Waals surface area (Å²) in [5.74, 6) is -0.783. The molecule has 0 aliphatic rings. The van der Waals surface area contributed by atoms with E-state index in [2.05, 4.69) is 4.74 Å². The van der Waals surface area contributed by atoms with Gasteiger partial charge in [-0.2, -0.15) is 0 Å². The zero-order valence-corrected chi connectivity index (χ0v) is 9.18. The van der Waals surface area contributed by atoms with Gasteiger partial charge in [0.05, 0.1) is 7.11 Å². The van der Waals surface area contributed by atoms with E-state index >= 15 is 0 Å². The number of carbonyl (C=O) groups excluding carboxylic acids is 1. The molecule has 0 spiro atoms. The first kappa shape index (κ1) is 12.5. The van der Waals surface area contributed by atoms with Crippen LogP contribution in [-0.4, -0.2) is 29.3 Å². The van der Waals surface area contributed by atoms with E-state index in [-0.39, 0.29) is 11.3 Å². The van der Waals surface area contributed by atoms with Crippen LogP contribution >= 0.6 is 0 Å². The second-order valence-electron chi connectivity index (χ2n) is 3.59. The first-order chi connectivity index (χ1) is 7.42. The standard InChI is InChI=1S/C11H15NO4/c1-7(12)11(15,10(14)16-2)8-3-5-9(13)6-4-8/h3-7,13,15H,12H2,1-2H3/t7-,11+/m0/s1. The largest absolute Gasteiger partial charge is 0.508 e. The topological polar surface area (TPSA) is 92.8 Å². The summed E-state index contributed by atoms with van der Waals surface area (Å²) in [6.07, 6.45) is 0. The molecule has 1 aromatic carbocycles. The van der Waals surface area contributed by atoms with E-state index in [4.69, 9.17) is 10.8 Å². The predicted octanol–water partition coefficient (Wildman–Crippen LogP) is 0.100. The van der Waals surface area contributed by atoms with Gasteiger partial charge in [-0.05, 0) is 24.6 Å². The number of phenols is 1. The molecule has 4 N–H and O–H groups in total. The number of hydrogen-bond acceptors (Lipinski definition) is 5. The van der Waals surface area contributed by atoms with Gasteiger partial charge in [0.1, 0.15) is 5.75 Å². The molecule has 0 saturated heterocycles. The van der Waals surface area contributed by atoms with Gasteiger partial charge in [0.15, 0.2) is 0 Å². The molecule has 16 heavy (non-hydrogen) atoms. The molecule has 0 fully saturated rings. The maximum Gasteiger partial charge on any atom is 0.344 e. The first-order valence-electron chi connectivity index (χ1n) is 4.78. The lowest BCUT2D eigenvalue weighted by molar-refractivity contribution is -0.165. The van der Waals surface area contributed by atoms with E-state index in [9.17, 15) is 9.90 Å². The number of ether oxygens (including phenoxy) is 1. The third-order valence-corrected chi connectivity index (χ3v) is 2.46. The molecule has 0 aromatic heterocycles. The second-order valence-corrected chi connectivity index (χ2v) is 3.59. The van der Waals surface area contributed by atoms with Crippen molar-refractivity contribution < 1.29 is 19.7 Å². The number of rotatable bonds is 3. The molecule has 5 nitrogen and oxygen atoms in total. The third kappa shape index (κ3) is 2.00. The molecule has 0 heterocycles. The highest BCUT2D eigenvalue weighted by Crippen LogP contribution is 2.27. The molecule has 0 bridgehead atoms. The van der Waals surface area contributed by atoms with Crippen LogP contribution < -0.4 is 5.73 Å². The Hall–Kier alpha value is -1.59. The molecule has 0 aliphatic carbocycles. The smallest absolute Gasteiger partial charge is 0.344 e. The zero-order chi connectivity index (χ0) is 12.3. The minimum atomic E-state index is -1.90. The van der Waals surface area contributed by atoms with E-state index < -0.39 is 17.6 Å². The van der Waals surface area contributed by atoms with Crippen molar-refractivity contribution in [2.24, 2.45) is 5.73 Å². The lowest BCUT2D eigenvalue weighted by atomic mass is 9.87. The lowest BCUT2D eigenvalue weighted by Crippen LogP contribution is -2.50. The number of nitrogens with two attached hydrogens (primary N) is 1. The van der Waals surface area contributed by atoms with Crippen molar-refractivity contribution in [2.75, 3.05) is 7.11 Å². The van der Waals surface area contributed by atoms with Crippen molar-refractivity contribution in [1.82, 2.24) is 0 Å². The van der Waals surface area contributed by atoms with Crippen LogP contribution in [0.2, 0.25) is 0 Å². The van der Waals surface area contributed by atoms with Crippen LogP contribution in [0.5, 0.6) is 5.75 Å². The summed E-state index contributed by atoms with van der Waals surface area (Å²) in [7, 11) is 1.18. The Labute approximate surface area is 93.5 Å². The van der Waals surface area contributed by atoms with Crippen LogP contribution in [0.15, 0.2) is 24.3 Å². The van der Waals surface area contributed by atoms with Gasteiger partial charge in [-0.15, -0.1) is 0 Å². The molecule has 0 saturated carbocycles. The molecule has 5 heteroatoms. The van der Waals surface area contributed by atoms with Crippen LogP contribution in [-0.2, 0) is 15.1 Å². The van der Waals surface area contributed by atoms with Crippen LogP contribution in [0.4, 0.5) is 0 Å². The predicted molar refractivity (Wildman–Crippen MR) is 57.7 cm³/mol. The molecule has 0 amide bonds. The molecule has 1 rings (SSSR count). The number of methoxy groups -OCH3 is 1. The normalized spacial score (nSPS) is 16.2. The Bertz CT molecular complexity index is 374. The highest BCUT2D eigenvalue weighted by molar-refractivity contribution is 5.82. The molecular weight excluding hydrogens is 210 g/mol. The Morgan fingerprint density at radius 3 is 2.31 bits per heavy atom. The average molecular weight is 225 g/mol. The van der Waals surface area contributed by atoms with E-state index in [0.29, 0.717) is 0 Å². The van der Waals surface area contributed by atoms with Gasteiger partial charge in [-0.1, -0.05) is 12.1 Å². The van der Waals surface area contributed by atoms with Crippen molar-refractivity contribution in [2.45, 2.75) is 18.6 Å². The van der Waals surface area contributed by atoms with Gasteiger partial charge >= 0.3 is 5.97 Å². The average Bonchev–Trinajstić information content (AvgIpc) is 2.27. The molecular formula is C11H15NO4. The summed E-state index contributed by atoms with van der Waals surface area (Å²) in [4.78, 5) is 11.5. The van der Waals surface area contributed by atoms with E-state index in [1.165, 1.54) is 38.3 Å². The van der Waals surface area contributed by atoms with Gasteiger partial charge in [-0.25, -0.2) is 4.79 Å². The summed E-state index contributed by atoms with van der Waals surface area (Å²) < 4.78 is 4.53. The zero-order valence-electron chi connectivity index (χ0n) is 9.18. The third-order valence-electron chi connectivity index (χ3n) is 2.46. The summed E-state index contributed by atoms with van der Waals surface area (Å²) in [6, 6.07) is 4.76. The lowest BCUT2D eigenvalue weighted by Gasteiger charge is -2.29. The molecule has 0 aliphatic heterocycles. The van der Waals surface area contributed by atoms with Crippen LogP contribution in [0.1, 0.15) is 12.5 Å². The van der Waals surface area contributed by atoms with Crippen molar-refractivity contribution in [1.29, 1.82) is 0 Å². The Morgan fingerprint density at radius 1 is 1.44 bits per heavy atom. The number of carbonyl (C=O) groups is 1. The SMILES string of the molecule is COC(=O)[C@](O)(c1ccc(O)cc1)[C@H](C)N. The Balaban J connectivity index is 3.21. The van der Waals surface area contributed by atoms with Gasteiger partial charge in [0.2, 0.25) is 5.60 Å². The van der Waals surface area contributed by atoms with Gasteiger partial charge in [-0.3, -0.25) is 0 Å². The second kappa shape index (κ2) is 4.51. The quantitative estimate of drug-likeness (QED) is 0.634. The minimum absolute atomic E-state index is 0.0423. The number of benzene rings is 1. The van der Waals surface area contributed by atoms with Crippen molar-refractivity contribution in [3.8, 4) is 5.75 Å². The highest BCUT2D eigenvalue weighted by Gasteiger charge is 2.43. The van der Waals surface area contributed by atoms with Crippen molar-refractivity contribution in [3.05, 3.63) is 29.8 Å². The number of phenolic OH excluding ortho intramolecular Hbond substituents is 1. The van der Waals surface area contributed by atoms with Crippen LogP contribution in [0, 0.1) is 0 Å². The van der Waals surface area contributed by atoms with Gasteiger partial charge in [0, 0.05) is 6.04 Å². The van der Waals surface area contributed by atoms with Crippen molar-refractivity contribution in [3.63, 3.8) is 0 Å². The van der Waals surface area contributed by atoms with E-state index in [1.807, 2.05) is 0 Å². The number of hydrogen-bond donors (Lipinski definition) is 3. The maximum atomic E-state index is 11.5. The number of aromatic hydroxyl groups is 1. The molecule has 0 unspecified atom stereocenters. The number of aliphatic hydroxyl groups is 1. The summed E-state index contributed by atoms with van der Waals surface area (Å²) in [5.41, 5.74) is 3.99. The first-order valence-corrected chi connectivity index (χ1v) is 4.78. The molecule has 2 atom stereocenters. The monoisotopic (exact) mass is 225 g/mol. The maximum absolute atomic E-state index is 11.5. The van der Waals surface area contributed by atoms with E-state index in [1.54, 1.807) is 0 Å². The number of esters is 1. The van der Waals surface area contributed by atoms with Crippen molar-refractivity contribution >= 4 is 5.97 Å². The van der Waals surface area contributed by atoms with Crippen LogP contribution in [0.25, 0.3) is 0 Å². The molecule has 0 radical (unpaired) electrons.